The van der Waals surface area contributed by atoms with Gasteiger partial charge in [-0.15, -0.1) is 0 Å². The molecular weight excluding hydrogens is 306 g/mol. The lowest BCUT2D eigenvalue weighted by Gasteiger charge is -2.07. The van der Waals surface area contributed by atoms with Crippen LogP contribution in [0.1, 0.15) is 15.9 Å². The first kappa shape index (κ1) is 13.5. The Kier molecular flexibility index (Phi) is 4.52. The van der Waals surface area contributed by atoms with E-state index in [1.54, 1.807) is 25.4 Å². The summed E-state index contributed by atoms with van der Waals surface area (Å²) in [6.45, 7) is 0.686. The van der Waals surface area contributed by atoms with Gasteiger partial charge in [0.1, 0.15) is 0 Å². The Labute approximate surface area is 120 Å². The molecule has 0 fully saturated rings. The SMILES string of the molecule is CNC(=O)c1ccc(NCc2cncc(Br)c2)cc1. The molecule has 0 atom stereocenters. The summed E-state index contributed by atoms with van der Waals surface area (Å²) < 4.78 is 0.960. The molecule has 1 heterocycles. The van der Waals surface area contributed by atoms with Gasteiger partial charge in [-0.25, -0.2) is 0 Å². The van der Waals surface area contributed by atoms with Crippen LogP contribution in [-0.2, 0) is 6.54 Å². The van der Waals surface area contributed by atoms with Crippen LogP contribution in [0.3, 0.4) is 0 Å². The first-order valence-corrected chi connectivity index (χ1v) is 6.64. The van der Waals surface area contributed by atoms with Crippen molar-refractivity contribution in [2.45, 2.75) is 6.54 Å². The zero-order valence-corrected chi connectivity index (χ0v) is 12.1. The molecule has 0 aliphatic rings. The number of aromatic nitrogens is 1. The van der Waals surface area contributed by atoms with Crippen LogP contribution in [-0.4, -0.2) is 17.9 Å². The highest BCUT2D eigenvalue weighted by atomic mass is 79.9. The lowest BCUT2D eigenvalue weighted by molar-refractivity contribution is 0.0963. The van der Waals surface area contributed by atoms with Gasteiger partial charge in [0.05, 0.1) is 0 Å². The molecule has 98 valence electrons. The molecule has 19 heavy (non-hydrogen) atoms. The summed E-state index contributed by atoms with van der Waals surface area (Å²) in [7, 11) is 1.62. The second-order valence-corrected chi connectivity index (χ2v) is 4.94. The molecule has 1 aromatic carbocycles. The highest BCUT2D eigenvalue weighted by Gasteiger charge is 2.02. The fourth-order valence-corrected chi connectivity index (χ4v) is 2.05. The van der Waals surface area contributed by atoms with Crippen molar-refractivity contribution < 1.29 is 4.79 Å². The van der Waals surface area contributed by atoms with Crippen molar-refractivity contribution in [1.82, 2.24) is 10.3 Å². The first-order chi connectivity index (χ1) is 9.19. The molecule has 0 saturated carbocycles. The quantitative estimate of drug-likeness (QED) is 0.911. The molecule has 0 saturated heterocycles. The van der Waals surface area contributed by atoms with Gasteiger partial charge in [-0.05, 0) is 51.8 Å². The van der Waals surface area contributed by atoms with Crippen LogP contribution in [0.2, 0.25) is 0 Å². The molecule has 2 N–H and O–H groups in total. The van der Waals surface area contributed by atoms with E-state index in [-0.39, 0.29) is 5.91 Å². The van der Waals surface area contributed by atoms with Gasteiger partial charge >= 0.3 is 0 Å². The maximum Gasteiger partial charge on any atom is 0.251 e. The Balaban J connectivity index is 1.98. The van der Waals surface area contributed by atoms with E-state index in [9.17, 15) is 4.79 Å². The number of carbonyl (C=O) groups is 1. The second kappa shape index (κ2) is 6.33. The summed E-state index contributed by atoms with van der Waals surface area (Å²) in [5, 5.41) is 5.87. The van der Waals surface area contributed by atoms with E-state index in [1.165, 1.54) is 0 Å². The van der Waals surface area contributed by atoms with E-state index in [1.807, 2.05) is 24.4 Å². The van der Waals surface area contributed by atoms with Crippen molar-refractivity contribution in [3.63, 3.8) is 0 Å². The molecule has 4 nitrogen and oxygen atoms in total. The number of hydrogen-bond donors (Lipinski definition) is 2. The molecule has 1 amide bonds. The van der Waals surface area contributed by atoms with Crippen LogP contribution >= 0.6 is 15.9 Å². The predicted molar refractivity (Wildman–Crippen MR) is 79.1 cm³/mol. The highest BCUT2D eigenvalue weighted by Crippen LogP contribution is 2.13. The first-order valence-electron chi connectivity index (χ1n) is 5.84. The van der Waals surface area contributed by atoms with Gasteiger partial charge < -0.3 is 10.6 Å². The van der Waals surface area contributed by atoms with Crippen molar-refractivity contribution in [1.29, 1.82) is 0 Å². The Morgan fingerprint density at radius 1 is 1.26 bits per heavy atom. The molecular formula is C14H14BrN3O. The van der Waals surface area contributed by atoms with Gasteiger partial charge in [0.25, 0.3) is 5.91 Å². The summed E-state index contributed by atoms with van der Waals surface area (Å²) in [5.41, 5.74) is 2.70. The van der Waals surface area contributed by atoms with Crippen LogP contribution in [0.4, 0.5) is 5.69 Å². The third-order valence-electron chi connectivity index (χ3n) is 2.63. The number of rotatable bonds is 4. The largest absolute Gasteiger partial charge is 0.381 e. The van der Waals surface area contributed by atoms with Gasteiger partial charge in [0, 0.05) is 41.7 Å². The molecule has 2 aromatic rings. The molecule has 0 aliphatic heterocycles. The second-order valence-electron chi connectivity index (χ2n) is 4.02. The number of amides is 1. The summed E-state index contributed by atoms with van der Waals surface area (Å²) in [6, 6.07) is 9.37. The minimum Gasteiger partial charge on any atom is -0.381 e. The zero-order chi connectivity index (χ0) is 13.7. The standard InChI is InChI=1S/C14H14BrN3O/c1-16-14(19)11-2-4-13(5-3-11)18-8-10-6-12(15)9-17-7-10/h2-7,9,18H,8H2,1H3,(H,16,19). The molecule has 1 aromatic heterocycles. The number of halogens is 1. The molecule has 0 bridgehead atoms. The summed E-state index contributed by atoms with van der Waals surface area (Å²) in [5.74, 6) is -0.0808. The average Bonchev–Trinajstić information content (AvgIpc) is 2.45. The minimum absolute atomic E-state index is 0.0808. The van der Waals surface area contributed by atoms with E-state index >= 15 is 0 Å². The van der Waals surface area contributed by atoms with Gasteiger partial charge in [0.15, 0.2) is 0 Å². The number of benzene rings is 1. The van der Waals surface area contributed by atoms with Crippen molar-refractivity contribution in [3.05, 3.63) is 58.3 Å². The molecule has 0 spiro atoms. The summed E-state index contributed by atoms with van der Waals surface area (Å²) in [6.07, 6.45) is 3.57. The van der Waals surface area contributed by atoms with Gasteiger partial charge in [0.2, 0.25) is 0 Å². The lowest BCUT2D eigenvalue weighted by atomic mass is 10.2. The Morgan fingerprint density at radius 3 is 2.63 bits per heavy atom. The number of anilines is 1. The molecule has 2 rings (SSSR count). The maximum absolute atomic E-state index is 11.4. The molecule has 0 radical (unpaired) electrons. The molecule has 5 heteroatoms. The Hall–Kier alpha value is -1.88. The summed E-state index contributed by atoms with van der Waals surface area (Å²) >= 11 is 3.39. The number of pyridine rings is 1. The number of nitrogens with one attached hydrogen (secondary N) is 2. The van der Waals surface area contributed by atoms with E-state index in [0.717, 1.165) is 15.7 Å². The Morgan fingerprint density at radius 2 is 2.00 bits per heavy atom. The van der Waals surface area contributed by atoms with Gasteiger partial charge in [-0.2, -0.15) is 0 Å². The highest BCUT2D eigenvalue weighted by molar-refractivity contribution is 9.10. The van der Waals surface area contributed by atoms with Gasteiger partial charge in [-0.3, -0.25) is 9.78 Å². The van der Waals surface area contributed by atoms with Crippen LogP contribution in [0, 0.1) is 0 Å². The monoisotopic (exact) mass is 319 g/mol. The normalized spacial score (nSPS) is 10.0. The van der Waals surface area contributed by atoms with Crippen molar-refractivity contribution in [2.75, 3.05) is 12.4 Å². The number of hydrogen-bond acceptors (Lipinski definition) is 3. The summed E-state index contributed by atoms with van der Waals surface area (Å²) in [4.78, 5) is 15.5. The van der Waals surface area contributed by atoms with E-state index in [2.05, 4.69) is 31.5 Å². The van der Waals surface area contributed by atoms with E-state index in [0.29, 0.717) is 12.1 Å². The Bertz CT molecular complexity index is 569. The topological polar surface area (TPSA) is 54.0 Å². The van der Waals surface area contributed by atoms with Crippen molar-refractivity contribution in [3.8, 4) is 0 Å². The van der Waals surface area contributed by atoms with Crippen molar-refractivity contribution >= 4 is 27.5 Å². The third kappa shape index (κ3) is 3.79. The minimum atomic E-state index is -0.0808. The van der Waals surface area contributed by atoms with E-state index < -0.39 is 0 Å². The average molecular weight is 320 g/mol. The zero-order valence-electron chi connectivity index (χ0n) is 10.5. The number of nitrogens with zero attached hydrogens (tertiary/aromatic N) is 1. The van der Waals surface area contributed by atoms with E-state index in [4.69, 9.17) is 0 Å². The van der Waals surface area contributed by atoms with Gasteiger partial charge in [-0.1, -0.05) is 0 Å². The molecule has 0 unspecified atom stereocenters. The third-order valence-corrected chi connectivity index (χ3v) is 3.07. The smallest absolute Gasteiger partial charge is 0.251 e. The predicted octanol–water partition coefficient (Wildman–Crippen LogP) is 2.82. The van der Waals surface area contributed by atoms with Crippen LogP contribution in [0.5, 0.6) is 0 Å². The van der Waals surface area contributed by atoms with Crippen LogP contribution in [0.25, 0.3) is 0 Å². The molecule has 0 aliphatic carbocycles. The van der Waals surface area contributed by atoms with Crippen LogP contribution in [0.15, 0.2) is 47.2 Å². The van der Waals surface area contributed by atoms with Crippen LogP contribution < -0.4 is 10.6 Å². The maximum atomic E-state index is 11.4. The fraction of sp³-hybridized carbons (Fsp3) is 0.143. The fourth-order valence-electron chi connectivity index (χ4n) is 1.64. The number of carbonyl (C=O) groups excluding carboxylic acids is 1. The lowest BCUT2D eigenvalue weighted by Crippen LogP contribution is -2.17. The van der Waals surface area contributed by atoms with Crippen molar-refractivity contribution in [2.24, 2.45) is 0 Å².